The number of aromatic nitrogens is 1. The average molecular weight is 448 g/mol. The minimum atomic E-state index is -3.56. The summed E-state index contributed by atoms with van der Waals surface area (Å²) >= 11 is 2.86. The molecule has 29 heavy (non-hydrogen) atoms. The molecule has 4 rings (SSSR count). The van der Waals surface area contributed by atoms with Crippen LogP contribution >= 0.6 is 23.1 Å². The SMILES string of the molecule is CSc1ccccc1S(=O)(=O)N1CCC(C(=O)Nc2nc3ccccc3s2)CC1. The summed E-state index contributed by atoms with van der Waals surface area (Å²) in [4.78, 5) is 18.2. The van der Waals surface area contributed by atoms with Crippen molar-refractivity contribution in [3.05, 3.63) is 48.5 Å². The summed E-state index contributed by atoms with van der Waals surface area (Å²) in [7, 11) is -3.56. The first kappa shape index (κ1) is 20.3. The summed E-state index contributed by atoms with van der Waals surface area (Å²) in [5.41, 5.74) is 0.862. The zero-order valence-corrected chi connectivity index (χ0v) is 18.3. The van der Waals surface area contributed by atoms with Gasteiger partial charge in [0.15, 0.2) is 5.13 Å². The van der Waals surface area contributed by atoms with E-state index in [1.54, 1.807) is 12.1 Å². The van der Waals surface area contributed by atoms with Crippen molar-refractivity contribution in [2.24, 2.45) is 5.92 Å². The van der Waals surface area contributed by atoms with Gasteiger partial charge in [0.05, 0.1) is 15.1 Å². The Bertz CT molecular complexity index is 1100. The molecule has 2 aromatic carbocycles. The molecule has 1 aliphatic rings. The molecule has 1 aliphatic heterocycles. The van der Waals surface area contributed by atoms with E-state index in [0.717, 1.165) is 15.1 Å². The van der Waals surface area contributed by atoms with Crippen molar-refractivity contribution in [2.45, 2.75) is 22.6 Å². The predicted octanol–water partition coefficient (Wildman–Crippen LogP) is 4.06. The van der Waals surface area contributed by atoms with Crippen molar-refractivity contribution < 1.29 is 13.2 Å². The van der Waals surface area contributed by atoms with Crippen molar-refractivity contribution in [3.63, 3.8) is 0 Å². The fourth-order valence-electron chi connectivity index (χ4n) is 3.46. The van der Waals surface area contributed by atoms with E-state index in [4.69, 9.17) is 0 Å². The number of sulfonamides is 1. The number of nitrogens with zero attached hydrogens (tertiary/aromatic N) is 2. The molecule has 0 spiro atoms. The highest BCUT2D eigenvalue weighted by molar-refractivity contribution is 7.99. The van der Waals surface area contributed by atoms with E-state index in [1.165, 1.54) is 27.4 Å². The maximum atomic E-state index is 13.0. The number of thioether (sulfide) groups is 1. The van der Waals surface area contributed by atoms with Crippen molar-refractivity contribution >= 4 is 54.4 Å². The molecule has 0 unspecified atom stereocenters. The number of hydrogen-bond donors (Lipinski definition) is 1. The van der Waals surface area contributed by atoms with Gasteiger partial charge in [0.2, 0.25) is 15.9 Å². The normalized spacial score (nSPS) is 16.2. The van der Waals surface area contributed by atoms with Gasteiger partial charge in [0.25, 0.3) is 0 Å². The zero-order chi connectivity index (χ0) is 20.4. The molecular formula is C20H21N3O3S3. The molecule has 3 aromatic rings. The second kappa shape index (κ2) is 8.43. The lowest BCUT2D eigenvalue weighted by Gasteiger charge is -2.30. The highest BCUT2D eigenvalue weighted by atomic mass is 32.2. The third kappa shape index (κ3) is 4.18. The lowest BCUT2D eigenvalue weighted by atomic mass is 9.97. The minimum Gasteiger partial charge on any atom is -0.302 e. The summed E-state index contributed by atoms with van der Waals surface area (Å²) in [5.74, 6) is -0.310. The average Bonchev–Trinajstić information content (AvgIpc) is 3.16. The van der Waals surface area contributed by atoms with Gasteiger partial charge in [0, 0.05) is 23.9 Å². The molecule has 2 heterocycles. The van der Waals surface area contributed by atoms with Gasteiger partial charge in [-0.15, -0.1) is 11.8 Å². The number of hydrogen-bond acceptors (Lipinski definition) is 6. The Kier molecular flexibility index (Phi) is 5.91. The molecule has 152 valence electrons. The molecule has 1 aromatic heterocycles. The number of fused-ring (bicyclic) bond motifs is 1. The number of amides is 1. The predicted molar refractivity (Wildman–Crippen MR) is 118 cm³/mol. The van der Waals surface area contributed by atoms with E-state index in [1.807, 2.05) is 42.7 Å². The van der Waals surface area contributed by atoms with E-state index >= 15 is 0 Å². The molecule has 0 aliphatic carbocycles. The van der Waals surface area contributed by atoms with Crippen LogP contribution in [-0.2, 0) is 14.8 Å². The third-order valence-electron chi connectivity index (χ3n) is 5.04. The molecule has 1 N–H and O–H groups in total. The topological polar surface area (TPSA) is 79.4 Å². The van der Waals surface area contributed by atoms with Crippen LogP contribution in [0.3, 0.4) is 0 Å². The summed E-state index contributed by atoms with van der Waals surface area (Å²) in [6.07, 6.45) is 2.86. The monoisotopic (exact) mass is 447 g/mol. The Morgan fingerprint density at radius 2 is 1.83 bits per heavy atom. The van der Waals surface area contributed by atoms with E-state index in [-0.39, 0.29) is 11.8 Å². The van der Waals surface area contributed by atoms with Crippen LogP contribution in [0.25, 0.3) is 10.2 Å². The second-order valence-corrected chi connectivity index (χ2v) is 10.6. The number of carbonyl (C=O) groups excluding carboxylic acids is 1. The largest absolute Gasteiger partial charge is 0.302 e. The van der Waals surface area contributed by atoms with Gasteiger partial charge in [0.1, 0.15) is 0 Å². The van der Waals surface area contributed by atoms with Crippen LogP contribution < -0.4 is 5.32 Å². The maximum absolute atomic E-state index is 13.0. The van der Waals surface area contributed by atoms with Crippen molar-refractivity contribution in [3.8, 4) is 0 Å². The Morgan fingerprint density at radius 1 is 1.14 bits per heavy atom. The van der Waals surface area contributed by atoms with Crippen molar-refractivity contribution in [1.29, 1.82) is 0 Å². The van der Waals surface area contributed by atoms with Crippen LogP contribution in [0.2, 0.25) is 0 Å². The molecule has 0 saturated carbocycles. The Morgan fingerprint density at radius 3 is 2.55 bits per heavy atom. The van der Waals surface area contributed by atoms with Crippen LogP contribution in [0.4, 0.5) is 5.13 Å². The molecule has 9 heteroatoms. The first-order valence-corrected chi connectivity index (χ1v) is 12.8. The fourth-order valence-corrected chi connectivity index (χ4v) is 6.92. The van der Waals surface area contributed by atoms with Gasteiger partial charge < -0.3 is 5.32 Å². The number of para-hydroxylation sites is 1. The molecule has 0 atom stereocenters. The number of carbonyl (C=O) groups is 1. The first-order valence-electron chi connectivity index (χ1n) is 9.28. The van der Waals surface area contributed by atoms with Gasteiger partial charge in [-0.05, 0) is 43.4 Å². The fraction of sp³-hybridized carbons (Fsp3) is 0.300. The number of nitrogens with one attached hydrogen (secondary N) is 1. The van der Waals surface area contributed by atoms with Gasteiger partial charge >= 0.3 is 0 Å². The van der Waals surface area contributed by atoms with Crippen LogP contribution in [0.15, 0.2) is 58.3 Å². The standard InChI is InChI=1S/C20H21N3O3S3/c1-27-17-8-4-5-9-18(17)29(25,26)23-12-10-14(11-13-23)19(24)22-20-21-15-6-2-3-7-16(15)28-20/h2-9,14H,10-13H2,1H3,(H,21,22,24). The highest BCUT2D eigenvalue weighted by Crippen LogP contribution is 2.31. The van der Waals surface area contributed by atoms with Gasteiger partial charge in [-0.2, -0.15) is 4.31 Å². The Hall–Kier alpha value is -1.94. The Labute approximate surface area is 178 Å². The first-order chi connectivity index (χ1) is 14.0. The van der Waals surface area contributed by atoms with Crippen LogP contribution in [0.5, 0.6) is 0 Å². The van der Waals surface area contributed by atoms with E-state index in [2.05, 4.69) is 10.3 Å². The van der Waals surface area contributed by atoms with Crippen molar-refractivity contribution in [1.82, 2.24) is 9.29 Å². The number of piperidine rings is 1. The van der Waals surface area contributed by atoms with Crippen LogP contribution in [0, 0.1) is 5.92 Å². The van der Waals surface area contributed by atoms with E-state index < -0.39 is 10.0 Å². The number of rotatable bonds is 5. The molecule has 1 saturated heterocycles. The zero-order valence-electron chi connectivity index (χ0n) is 15.9. The number of anilines is 1. The summed E-state index contributed by atoms with van der Waals surface area (Å²) in [6, 6.07) is 14.8. The maximum Gasteiger partial charge on any atom is 0.244 e. The Balaban J connectivity index is 1.41. The highest BCUT2D eigenvalue weighted by Gasteiger charge is 2.33. The quantitative estimate of drug-likeness (QED) is 0.597. The molecule has 6 nitrogen and oxygen atoms in total. The van der Waals surface area contributed by atoms with Crippen molar-refractivity contribution in [2.75, 3.05) is 24.7 Å². The van der Waals surface area contributed by atoms with Gasteiger partial charge in [-0.25, -0.2) is 13.4 Å². The summed E-state index contributed by atoms with van der Waals surface area (Å²) in [5, 5.41) is 3.49. The lowest BCUT2D eigenvalue weighted by molar-refractivity contribution is -0.120. The number of benzene rings is 2. The van der Waals surface area contributed by atoms with Crippen LogP contribution in [0.1, 0.15) is 12.8 Å². The smallest absolute Gasteiger partial charge is 0.244 e. The minimum absolute atomic E-state index is 0.0920. The lowest BCUT2D eigenvalue weighted by Crippen LogP contribution is -2.41. The summed E-state index contributed by atoms with van der Waals surface area (Å²) in [6.45, 7) is 0.673. The molecule has 1 amide bonds. The molecule has 1 fully saturated rings. The summed E-state index contributed by atoms with van der Waals surface area (Å²) < 4.78 is 28.6. The van der Waals surface area contributed by atoms with Gasteiger partial charge in [-0.3, -0.25) is 4.79 Å². The molecule has 0 radical (unpaired) electrons. The van der Waals surface area contributed by atoms with Gasteiger partial charge in [-0.1, -0.05) is 35.6 Å². The van der Waals surface area contributed by atoms with E-state index in [0.29, 0.717) is 36.0 Å². The number of thiazole rings is 1. The third-order valence-corrected chi connectivity index (χ3v) is 8.87. The molecule has 0 bridgehead atoms. The van der Waals surface area contributed by atoms with E-state index in [9.17, 15) is 13.2 Å². The molecular weight excluding hydrogens is 426 g/mol. The second-order valence-electron chi connectivity index (χ2n) is 6.81. The van der Waals surface area contributed by atoms with Crippen LogP contribution in [-0.4, -0.2) is 43.0 Å².